The minimum absolute atomic E-state index is 0.705. The molecule has 1 heterocycles. The first kappa shape index (κ1) is 15.7. The smallest absolute Gasteiger partial charge is 0.0759 e. The first-order chi connectivity index (χ1) is 11.8. The van der Waals surface area contributed by atoms with Gasteiger partial charge in [-0.2, -0.15) is 0 Å². The number of aromatic nitrogens is 1. The van der Waals surface area contributed by atoms with E-state index in [1.54, 1.807) is 12.4 Å². The van der Waals surface area contributed by atoms with Gasteiger partial charge in [-0.05, 0) is 36.8 Å². The molecule has 0 aliphatic rings. The highest BCUT2D eigenvalue weighted by Gasteiger charge is 2.11. The van der Waals surface area contributed by atoms with Crippen LogP contribution in [0.15, 0.2) is 95.8 Å². The van der Waals surface area contributed by atoms with Gasteiger partial charge in [0, 0.05) is 29.2 Å². The molecular weight excluding hydrogens is 294 g/mol. The van der Waals surface area contributed by atoms with Gasteiger partial charge < -0.3 is 5.73 Å². The number of aliphatic imine (C=N–C) groups is 1. The van der Waals surface area contributed by atoms with Gasteiger partial charge in [0.25, 0.3) is 0 Å². The van der Waals surface area contributed by atoms with E-state index in [-0.39, 0.29) is 0 Å². The van der Waals surface area contributed by atoms with Crippen molar-refractivity contribution in [1.82, 2.24) is 4.98 Å². The summed E-state index contributed by atoms with van der Waals surface area (Å²) in [5.41, 5.74) is 11.8. The molecule has 0 radical (unpaired) electrons. The van der Waals surface area contributed by atoms with Crippen LogP contribution < -0.4 is 5.73 Å². The number of nitrogens with two attached hydrogens (primary N) is 1. The maximum absolute atomic E-state index is 6.40. The summed E-state index contributed by atoms with van der Waals surface area (Å²) in [7, 11) is 0. The fourth-order valence-corrected chi connectivity index (χ4v) is 2.47. The molecule has 2 aromatic carbocycles. The van der Waals surface area contributed by atoms with Crippen LogP contribution in [0.25, 0.3) is 5.70 Å². The molecule has 0 fully saturated rings. The Morgan fingerprint density at radius 2 is 1.38 bits per heavy atom. The molecule has 3 nitrogen and oxygen atoms in total. The Kier molecular flexibility index (Phi) is 4.82. The molecule has 0 atom stereocenters. The Morgan fingerprint density at radius 3 is 2.00 bits per heavy atom. The lowest BCUT2D eigenvalue weighted by Gasteiger charge is -2.12. The highest BCUT2D eigenvalue weighted by Crippen LogP contribution is 2.21. The van der Waals surface area contributed by atoms with Crippen molar-refractivity contribution in [2.24, 2.45) is 10.7 Å². The number of nitrogens with zero attached hydrogens (tertiary/aromatic N) is 2. The molecule has 0 aliphatic carbocycles. The quantitative estimate of drug-likeness (QED) is 0.716. The molecule has 3 heteroatoms. The molecule has 0 unspecified atom stereocenters. The third kappa shape index (κ3) is 3.58. The number of rotatable bonds is 4. The summed E-state index contributed by atoms with van der Waals surface area (Å²) in [5, 5.41) is 0. The lowest BCUT2D eigenvalue weighted by molar-refractivity contribution is 1.30. The number of hydrogen-bond acceptors (Lipinski definition) is 3. The molecule has 2 N–H and O–H groups in total. The molecule has 0 saturated carbocycles. The van der Waals surface area contributed by atoms with Crippen molar-refractivity contribution in [3.63, 3.8) is 0 Å². The Balaban J connectivity index is 2.13. The Hall–Kier alpha value is -3.20. The first-order valence-corrected chi connectivity index (χ1v) is 7.82. The molecule has 3 rings (SSSR count). The molecular formula is C21H19N3. The summed E-state index contributed by atoms with van der Waals surface area (Å²) in [6.07, 6.45) is 3.48. The summed E-state index contributed by atoms with van der Waals surface area (Å²) in [4.78, 5) is 8.89. The predicted octanol–water partition coefficient (Wildman–Crippen LogP) is 4.59. The summed E-state index contributed by atoms with van der Waals surface area (Å²) in [5.74, 6) is 0. The molecule has 24 heavy (non-hydrogen) atoms. The Labute approximate surface area is 142 Å². The van der Waals surface area contributed by atoms with E-state index >= 15 is 0 Å². The zero-order chi connectivity index (χ0) is 16.8. The van der Waals surface area contributed by atoms with Crippen molar-refractivity contribution in [3.05, 3.63) is 102 Å². The van der Waals surface area contributed by atoms with Crippen molar-refractivity contribution < 1.29 is 0 Å². The third-order valence-corrected chi connectivity index (χ3v) is 3.79. The second-order valence-electron chi connectivity index (χ2n) is 5.44. The van der Waals surface area contributed by atoms with Gasteiger partial charge in [0.1, 0.15) is 0 Å². The second-order valence-corrected chi connectivity index (χ2v) is 5.44. The largest absolute Gasteiger partial charge is 0.398 e. The van der Waals surface area contributed by atoms with E-state index in [1.807, 2.05) is 79.7 Å². The van der Waals surface area contributed by atoms with Crippen molar-refractivity contribution in [1.29, 1.82) is 0 Å². The molecule has 0 aliphatic heterocycles. The minimum Gasteiger partial charge on any atom is -0.398 e. The molecule has 0 spiro atoms. The maximum Gasteiger partial charge on any atom is 0.0759 e. The maximum atomic E-state index is 6.40. The van der Waals surface area contributed by atoms with Gasteiger partial charge >= 0.3 is 0 Å². The van der Waals surface area contributed by atoms with E-state index < -0.39 is 0 Å². The van der Waals surface area contributed by atoms with Crippen LogP contribution in [0.4, 0.5) is 5.69 Å². The average molecular weight is 313 g/mol. The van der Waals surface area contributed by atoms with E-state index in [0.717, 1.165) is 28.1 Å². The van der Waals surface area contributed by atoms with Crippen LogP contribution >= 0.6 is 0 Å². The molecule has 0 amide bonds. The van der Waals surface area contributed by atoms with Crippen molar-refractivity contribution >= 4 is 17.1 Å². The standard InChI is InChI=1S/C21H19N3/c1-16(20(22)17-12-14-23-15-13-17)21(18-8-4-2-5-9-18)24-19-10-6-3-7-11-19/h2-15H,22H2,1H3/b20-16-,24-21?. The lowest BCUT2D eigenvalue weighted by atomic mass is 9.99. The van der Waals surface area contributed by atoms with Gasteiger partial charge in [0.05, 0.1) is 11.4 Å². The number of para-hydroxylation sites is 1. The number of hydrogen-bond donors (Lipinski definition) is 1. The molecule has 0 bridgehead atoms. The van der Waals surface area contributed by atoms with Crippen LogP contribution in [0.3, 0.4) is 0 Å². The van der Waals surface area contributed by atoms with Crippen molar-refractivity contribution in [2.75, 3.05) is 0 Å². The van der Waals surface area contributed by atoms with Crippen molar-refractivity contribution in [3.8, 4) is 0 Å². The van der Waals surface area contributed by atoms with Crippen molar-refractivity contribution in [2.45, 2.75) is 6.92 Å². The van der Waals surface area contributed by atoms with Gasteiger partial charge in [-0.15, -0.1) is 0 Å². The van der Waals surface area contributed by atoms with E-state index in [9.17, 15) is 0 Å². The summed E-state index contributed by atoms with van der Waals surface area (Å²) in [6, 6.07) is 23.8. The normalized spacial score (nSPS) is 12.6. The van der Waals surface area contributed by atoms with E-state index in [4.69, 9.17) is 10.7 Å². The molecule has 1 aromatic heterocycles. The van der Waals surface area contributed by atoms with Gasteiger partial charge in [-0.1, -0.05) is 48.5 Å². The zero-order valence-corrected chi connectivity index (χ0v) is 13.6. The highest BCUT2D eigenvalue weighted by molar-refractivity contribution is 6.16. The van der Waals surface area contributed by atoms with Crippen LogP contribution in [0.2, 0.25) is 0 Å². The van der Waals surface area contributed by atoms with Gasteiger partial charge in [0.2, 0.25) is 0 Å². The number of allylic oxidation sites excluding steroid dienone is 1. The Bertz CT molecular complexity index is 851. The fourth-order valence-electron chi connectivity index (χ4n) is 2.47. The molecule has 3 aromatic rings. The summed E-state index contributed by atoms with van der Waals surface area (Å²) in [6.45, 7) is 2.00. The minimum atomic E-state index is 0.705. The van der Waals surface area contributed by atoms with E-state index in [1.165, 1.54) is 0 Å². The fraction of sp³-hybridized carbons (Fsp3) is 0.0476. The van der Waals surface area contributed by atoms with Gasteiger partial charge in [-0.25, -0.2) is 4.99 Å². The predicted molar refractivity (Wildman–Crippen MR) is 100 cm³/mol. The van der Waals surface area contributed by atoms with E-state index in [2.05, 4.69) is 4.98 Å². The molecule has 0 saturated heterocycles. The van der Waals surface area contributed by atoms with Crippen LogP contribution in [0.1, 0.15) is 18.1 Å². The molecule has 118 valence electrons. The number of benzene rings is 2. The second kappa shape index (κ2) is 7.38. The summed E-state index contributed by atoms with van der Waals surface area (Å²) < 4.78 is 0. The highest BCUT2D eigenvalue weighted by atomic mass is 14.8. The van der Waals surface area contributed by atoms with Gasteiger partial charge in [0.15, 0.2) is 0 Å². The average Bonchev–Trinajstić information content (AvgIpc) is 2.67. The number of pyridine rings is 1. The van der Waals surface area contributed by atoms with E-state index in [0.29, 0.717) is 5.70 Å². The van der Waals surface area contributed by atoms with Crippen LogP contribution in [0.5, 0.6) is 0 Å². The summed E-state index contributed by atoms with van der Waals surface area (Å²) >= 11 is 0. The van der Waals surface area contributed by atoms with Gasteiger partial charge in [-0.3, -0.25) is 4.98 Å². The zero-order valence-electron chi connectivity index (χ0n) is 13.6. The lowest BCUT2D eigenvalue weighted by Crippen LogP contribution is -2.10. The monoisotopic (exact) mass is 313 g/mol. The Morgan fingerprint density at radius 1 is 0.792 bits per heavy atom. The first-order valence-electron chi connectivity index (χ1n) is 7.82. The van der Waals surface area contributed by atoms with Crippen LogP contribution in [0, 0.1) is 0 Å². The third-order valence-electron chi connectivity index (χ3n) is 3.79. The van der Waals surface area contributed by atoms with Crippen LogP contribution in [-0.4, -0.2) is 10.7 Å². The van der Waals surface area contributed by atoms with Crippen LogP contribution in [-0.2, 0) is 0 Å². The SMILES string of the molecule is C/C(C(=Nc1ccccc1)c1ccccc1)=C(/N)c1ccncc1. The topological polar surface area (TPSA) is 51.3 Å².